The van der Waals surface area contributed by atoms with E-state index >= 15 is 0 Å². The standard InChI is InChI=1S/C10H15N5O/c1-14-4-6-15(7-5-14)8-2-3-12-13-9(8)10(11)16/h2-3H,4-7H2,1H3,(H2,11,16). The molecule has 0 saturated carbocycles. The Labute approximate surface area is 94.0 Å². The Hall–Kier alpha value is -1.69. The number of amides is 1. The quantitative estimate of drug-likeness (QED) is 0.716. The van der Waals surface area contributed by atoms with E-state index in [9.17, 15) is 4.79 Å². The van der Waals surface area contributed by atoms with E-state index in [1.165, 1.54) is 0 Å². The topological polar surface area (TPSA) is 75.3 Å². The lowest BCUT2D eigenvalue weighted by atomic mass is 10.2. The first-order valence-electron chi connectivity index (χ1n) is 5.23. The van der Waals surface area contributed by atoms with Crippen molar-refractivity contribution >= 4 is 11.6 Å². The summed E-state index contributed by atoms with van der Waals surface area (Å²) in [6, 6.07) is 1.79. The van der Waals surface area contributed by atoms with E-state index in [1.807, 2.05) is 0 Å². The zero-order valence-corrected chi connectivity index (χ0v) is 9.26. The average Bonchev–Trinajstić information content (AvgIpc) is 2.30. The lowest BCUT2D eigenvalue weighted by molar-refractivity contribution is 0.0995. The van der Waals surface area contributed by atoms with Crippen molar-refractivity contribution in [3.8, 4) is 0 Å². The van der Waals surface area contributed by atoms with Gasteiger partial charge in [0.2, 0.25) is 0 Å². The zero-order valence-electron chi connectivity index (χ0n) is 9.26. The maximum absolute atomic E-state index is 11.2. The highest BCUT2D eigenvalue weighted by Gasteiger charge is 2.19. The van der Waals surface area contributed by atoms with E-state index in [2.05, 4.69) is 27.0 Å². The van der Waals surface area contributed by atoms with Gasteiger partial charge in [0.05, 0.1) is 11.9 Å². The van der Waals surface area contributed by atoms with Crippen LogP contribution in [0.3, 0.4) is 0 Å². The third kappa shape index (κ3) is 2.11. The minimum atomic E-state index is -0.526. The van der Waals surface area contributed by atoms with Gasteiger partial charge in [-0.3, -0.25) is 4.79 Å². The molecular weight excluding hydrogens is 206 g/mol. The molecule has 1 aliphatic rings. The number of carbonyl (C=O) groups is 1. The molecule has 1 aromatic rings. The van der Waals surface area contributed by atoms with Crippen LogP contribution < -0.4 is 10.6 Å². The minimum Gasteiger partial charge on any atom is -0.367 e. The van der Waals surface area contributed by atoms with Crippen LogP contribution in [0.5, 0.6) is 0 Å². The van der Waals surface area contributed by atoms with Crippen molar-refractivity contribution in [3.63, 3.8) is 0 Å². The average molecular weight is 221 g/mol. The van der Waals surface area contributed by atoms with Crippen molar-refractivity contribution in [2.45, 2.75) is 0 Å². The summed E-state index contributed by atoms with van der Waals surface area (Å²) in [5.41, 5.74) is 6.31. The summed E-state index contributed by atoms with van der Waals surface area (Å²) in [4.78, 5) is 15.6. The van der Waals surface area contributed by atoms with E-state index in [4.69, 9.17) is 5.73 Å². The molecule has 0 aromatic carbocycles. The molecule has 2 N–H and O–H groups in total. The van der Waals surface area contributed by atoms with Crippen LogP contribution >= 0.6 is 0 Å². The smallest absolute Gasteiger partial charge is 0.271 e. The third-order valence-electron chi connectivity index (χ3n) is 2.78. The van der Waals surface area contributed by atoms with Gasteiger partial charge in [0.15, 0.2) is 5.69 Å². The monoisotopic (exact) mass is 221 g/mol. The van der Waals surface area contributed by atoms with Crippen LogP contribution in [0.1, 0.15) is 10.5 Å². The van der Waals surface area contributed by atoms with E-state index in [1.54, 1.807) is 12.3 Å². The number of hydrogen-bond acceptors (Lipinski definition) is 5. The number of likely N-dealkylation sites (N-methyl/N-ethyl adjacent to an activating group) is 1. The molecule has 0 aliphatic carbocycles. The first-order valence-corrected chi connectivity index (χ1v) is 5.23. The van der Waals surface area contributed by atoms with Gasteiger partial charge in [-0.15, -0.1) is 5.10 Å². The number of piperazine rings is 1. The second-order valence-corrected chi connectivity index (χ2v) is 3.92. The Bertz CT molecular complexity index is 387. The fourth-order valence-electron chi connectivity index (χ4n) is 1.80. The number of hydrogen-bond donors (Lipinski definition) is 1. The molecule has 0 radical (unpaired) electrons. The van der Waals surface area contributed by atoms with E-state index in [0.717, 1.165) is 31.9 Å². The molecule has 1 aromatic heterocycles. The normalized spacial score (nSPS) is 17.4. The molecule has 1 saturated heterocycles. The van der Waals surface area contributed by atoms with Crippen molar-refractivity contribution < 1.29 is 4.79 Å². The van der Waals surface area contributed by atoms with Crippen molar-refractivity contribution in [3.05, 3.63) is 18.0 Å². The predicted molar refractivity (Wildman–Crippen MR) is 60.3 cm³/mol. The first kappa shape index (κ1) is 10.8. The highest BCUT2D eigenvalue weighted by molar-refractivity contribution is 5.96. The maximum atomic E-state index is 11.2. The summed E-state index contributed by atoms with van der Waals surface area (Å²) in [5, 5.41) is 7.48. The van der Waals surface area contributed by atoms with Gasteiger partial charge in [0.25, 0.3) is 5.91 Å². The van der Waals surface area contributed by atoms with Gasteiger partial charge in [-0.2, -0.15) is 5.10 Å². The Morgan fingerprint density at radius 2 is 2.06 bits per heavy atom. The number of rotatable bonds is 2. The van der Waals surface area contributed by atoms with Crippen LogP contribution in [0.2, 0.25) is 0 Å². The zero-order chi connectivity index (χ0) is 11.5. The summed E-state index contributed by atoms with van der Waals surface area (Å²) < 4.78 is 0. The fraction of sp³-hybridized carbons (Fsp3) is 0.500. The molecule has 1 fully saturated rings. The van der Waals surface area contributed by atoms with Gasteiger partial charge in [0.1, 0.15) is 0 Å². The summed E-state index contributed by atoms with van der Waals surface area (Å²) in [6.07, 6.45) is 1.58. The SMILES string of the molecule is CN1CCN(c2ccnnc2C(N)=O)CC1. The molecule has 0 spiro atoms. The van der Waals surface area contributed by atoms with Crippen LogP contribution in [0.25, 0.3) is 0 Å². The molecule has 0 bridgehead atoms. The summed E-state index contributed by atoms with van der Waals surface area (Å²) >= 11 is 0. The molecule has 6 heteroatoms. The Morgan fingerprint density at radius 3 is 2.69 bits per heavy atom. The van der Waals surface area contributed by atoms with Gasteiger partial charge in [-0.1, -0.05) is 0 Å². The number of anilines is 1. The summed E-state index contributed by atoms with van der Waals surface area (Å²) in [6.45, 7) is 3.70. The lowest BCUT2D eigenvalue weighted by Crippen LogP contribution is -2.45. The molecule has 6 nitrogen and oxygen atoms in total. The Morgan fingerprint density at radius 1 is 1.38 bits per heavy atom. The number of aromatic nitrogens is 2. The molecule has 1 amide bonds. The first-order chi connectivity index (χ1) is 7.68. The van der Waals surface area contributed by atoms with Gasteiger partial charge in [-0.05, 0) is 13.1 Å². The van der Waals surface area contributed by atoms with Crippen LogP contribution in [-0.4, -0.2) is 54.2 Å². The molecule has 0 unspecified atom stereocenters. The molecular formula is C10H15N5O. The van der Waals surface area contributed by atoms with Crippen molar-refractivity contribution in [1.82, 2.24) is 15.1 Å². The number of carbonyl (C=O) groups excluding carboxylic acids is 1. The number of nitrogens with zero attached hydrogens (tertiary/aromatic N) is 4. The Kier molecular flexibility index (Phi) is 3.00. The van der Waals surface area contributed by atoms with E-state index in [0.29, 0.717) is 0 Å². The molecule has 86 valence electrons. The van der Waals surface area contributed by atoms with Gasteiger partial charge >= 0.3 is 0 Å². The van der Waals surface area contributed by atoms with E-state index in [-0.39, 0.29) is 5.69 Å². The molecule has 16 heavy (non-hydrogen) atoms. The largest absolute Gasteiger partial charge is 0.367 e. The lowest BCUT2D eigenvalue weighted by Gasteiger charge is -2.34. The van der Waals surface area contributed by atoms with Crippen LogP contribution in [0.4, 0.5) is 5.69 Å². The highest BCUT2D eigenvalue weighted by Crippen LogP contribution is 2.18. The Balaban J connectivity index is 2.23. The third-order valence-corrected chi connectivity index (χ3v) is 2.78. The number of nitrogens with two attached hydrogens (primary N) is 1. The van der Waals surface area contributed by atoms with Gasteiger partial charge in [0, 0.05) is 26.2 Å². The van der Waals surface area contributed by atoms with Crippen molar-refractivity contribution in [1.29, 1.82) is 0 Å². The molecule has 2 heterocycles. The van der Waals surface area contributed by atoms with Gasteiger partial charge in [-0.25, -0.2) is 0 Å². The highest BCUT2D eigenvalue weighted by atomic mass is 16.1. The molecule has 0 atom stereocenters. The summed E-state index contributed by atoms with van der Waals surface area (Å²) in [7, 11) is 2.08. The minimum absolute atomic E-state index is 0.257. The molecule has 2 rings (SSSR count). The van der Waals surface area contributed by atoms with Crippen LogP contribution in [-0.2, 0) is 0 Å². The van der Waals surface area contributed by atoms with Crippen molar-refractivity contribution in [2.75, 3.05) is 38.1 Å². The van der Waals surface area contributed by atoms with E-state index < -0.39 is 5.91 Å². The van der Waals surface area contributed by atoms with Crippen molar-refractivity contribution in [2.24, 2.45) is 5.73 Å². The van der Waals surface area contributed by atoms with Gasteiger partial charge < -0.3 is 15.5 Å². The number of primary amides is 1. The molecule has 1 aliphatic heterocycles. The van der Waals surface area contributed by atoms with Crippen LogP contribution in [0, 0.1) is 0 Å². The maximum Gasteiger partial charge on any atom is 0.271 e. The second-order valence-electron chi connectivity index (χ2n) is 3.92. The van der Waals surface area contributed by atoms with Crippen LogP contribution in [0.15, 0.2) is 12.3 Å². The second kappa shape index (κ2) is 4.44. The predicted octanol–water partition coefficient (Wildman–Crippen LogP) is -0.673. The fourth-order valence-corrected chi connectivity index (χ4v) is 1.80. The summed E-state index contributed by atoms with van der Waals surface area (Å²) in [5.74, 6) is -0.526.